The van der Waals surface area contributed by atoms with Gasteiger partial charge in [-0.3, -0.25) is 9.13 Å². The zero-order chi connectivity index (χ0) is 16.8. The molecule has 0 saturated carbocycles. The van der Waals surface area contributed by atoms with Gasteiger partial charge in [0.15, 0.2) is 16.4 Å². The van der Waals surface area contributed by atoms with Crippen LogP contribution in [0.15, 0.2) is 21.7 Å². The molecule has 22 heavy (non-hydrogen) atoms. The van der Waals surface area contributed by atoms with Crippen molar-refractivity contribution in [3.63, 3.8) is 0 Å². The van der Waals surface area contributed by atoms with Crippen LogP contribution in [0.3, 0.4) is 0 Å². The molecule has 10 heteroatoms. The van der Waals surface area contributed by atoms with Gasteiger partial charge in [0.2, 0.25) is 0 Å². The van der Waals surface area contributed by atoms with Crippen molar-refractivity contribution in [2.75, 3.05) is 0 Å². The summed E-state index contributed by atoms with van der Waals surface area (Å²) >= 11 is 4.84. The maximum Gasteiger partial charge on any atom is 0.339 e. The number of halogens is 2. The first-order valence-electron chi connectivity index (χ1n) is 5.79. The van der Waals surface area contributed by atoms with E-state index in [2.05, 4.69) is 0 Å². The molecule has 0 bridgehead atoms. The van der Waals surface area contributed by atoms with Crippen molar-refractivity contribution in [1.82, 2.24) is 13.7 Å². The molecule has 0 atom stereocenters. The van der Waals surface area contributed by atoms with Crippen LogP contribution in [0, 0.1) is 16.4 Å². The molecule has 0 unspecified atom stereocenters. The molecule has 0 radical (unpaired) electrons. The van der Waals surface area contributed by atoms with E-state index in [4.69, 9.17) is 17.3 Å². The largest absolute Gasteiger partial charge is 0.478 e. The molecular formula is C12H9F2N3O4S. The van der Waals surface area contributed by atoms with E-state index in [1.54, 1.807) is 0 Å². The predicted octanol–water partition coefficient (Wildman–Crippen LogP) is 0.581. The number of carbonyl (C=O) groups is 1. The van der Waals surface area contributed by atoms with Gasteiger partial charge in [0.05, 0.1) is 5.56 Å². The highest BCUT2D eigenvalue weighted by Crippen LogP contribution is 2.19. The van der Waals surface area contributed by atoms with Gasteiger partial charge in [0.1, 0.15) is 5.69 Å². The third kappa shape index (κ3) is 2.17. The fourth-order valence-electron chi connectivity index (χ4n) is 1.87. The number of aromatic carboxylic acids is 1. The molecule has 0 aliphatic rings. The minimum atomic E-state index is -1.66. The molecule has 0 amide bonds. The molecule has 0 aliphatic heterocycles. The highest BCUT2D eigenvalue weighted by atomic mass is 32.1. The van der Waals surface area contributed by atoms with Crippen LogP contribution in [-0.4, -0.2) is 24.8 Å². The minimum absolute atomic E-state index is 0.151. The van der Waals surface area contributed by atoms with E-state index in [-0.39, 0.29) is 9.34 Å². The monoisotopic (exact) mass is 329 g/mol. The van der Waals surface area contributed by atoms with Crippen LogP contribution in [0.4, 0.5) is 8.78 Å². The number of hydrogen-bond acceptors (Lipinski definition) is 4. The molecule has 1 aromatic carbocycles. The Hall–Kier alpha value is -2.62. The summed E-state index contributed by atoms with van der Waals surface area (Å²) in [5.74, 6) is -4.43. The molecule has 116 valence electrons. The normalized spacial score (nSPS) is 10.7. The summed E-state index contributed by atoms with van der Waals surface area (Å²) in [6.45, 7) is 0. The van der Waals surface area contributed by atoms with Crippen molar-refractivity contribution in [2.45, 2.75) is 0 Å². The summed E-state index contributed by atoms with van der Waals surface area (Å²) in [6.07, 6.45) is 0. The van der Waals surface area contributed by atoms with E-state index in [1.165, 1.54) is 14.1 Å². The van der Waals surface area contributed by atoms with Crippen molar-refractivity contribution in [2.24, 2.45) is 14.1 Å². The molecule has 2 aromatic rings. The molecule has 0 saturated heterocycles. The van der Waals surface area contributed by atoms with Crippen molar-refractivity contribution >= 4 is 18.2 Å². The van der Waals surface area contributed by atoms with E-state index in [9.17, 15) is 23.2 Å². The molecule has 2 rings (SSSR count). The van der Waals surface area contributed by atoms with Crippen LogP contribution in [0.5, 0.6) is 0 Å². The zero-order valence-corrected chi connectivity index (χ0v) is 12.1. The lowest BCUT2D eigenvalue weighted by Crippen LogP contribution is -2.44. The molecule has 7 nitrogen and oxygen atoms in total. The Morgan fingerprint density at radius 2 is 1.64 bits per heavy atom. The van der Waals surface area contributed by atoms with Gasteiger partial charge in [0.25, 0.3) is 0 Å². The Bertz CT molecular complexity index is 934. The topological polar surface area (TPSA) is 86.2 Å². The summed E-state index contributed by atoms with van der Waals surface area (Å²) in [6, 6.07) is 1.36. The lowest BCUT2D eigenvalue weighted by molar-refractivity contribution is 0.0691. The first-order chi connectivity index (χ1) is 10.2. The smallest absolute Gasteiger partial charge is 0.339 e. The quantitative estimate of drug-likeness (QED) is 0.815. The third-order valence-electron chi connectivity index (χ3n) is 3.05. The fraction of sp³-hybridized carbons (Fsp3) is 0.167. The van der Waals surface area contributed by atoms with E-state index in [0.717, 1.165) is 9.13 Å². The van der Waals surface area contributed by atoms with Crippen LogP contribution in [0.25, 0.3) is 5.69 Å². The molecule has 0 spiro atoms. The van der Waals surface area contributed by atoms with Gasteiger partial charge in [-0.1, -0.05) is 0 Å². The maximum absolute atomic E-state index is 14.2. The summed E-state index contributed by atoms with van der Waals surface area (Å²) in [4.78, 5) is 35.1. The first-order valence-corrected chi connectivity index (χ1v) is 6.20. The number of rotatable bonds is 2. The molecular weight excluding hydrogens is 320 g/mol. The minimum Gasteiger partial charge on any atom is -0.478 e. The van der Waals surface area contributed by atoms with Gasteiger partial charge in [-0.2, -0.15) is 0 Å². The second-order valence-corrected chi connectivity index (χ2v) is 4.73. The highest BCUT2D eigenvalue weighted by Gasteiger charge is 2.23. The van der Waals surface area contributed by atoms with Gasteiger partial charge in [-0.05, 0) is 24.4 Å². The van der Waals surface area contributed by atoms with Crippen LogP contribution in [0.1, 0.15) is 10.4 Å². The van der Waals surface area contributed by atoms with Gasteiger partial charge >= 0.3 is 17.3 Å². The molecule has 1 heterocycles. The van der Waals surface area contributed by atoms with Crippen LogP contribution in [-0.2, 0) is 14.1 Å². The predicted molar refractivity (Wildman–Crippen MR) is 74.0 cm³/mol. The van der Waals surface area contributed by atoms with Gasteiger partial charge in [-0.15, -0.1) is 0 Å². The van der Waals surface area contributed by atoms with Crippen LogP contribution >= 0.6 is 12.2 Å². The summed E-state index contributed by atoms with van der Waals surface area (Å²) in [5, 5.41) is 8.86. The summed E-state index contributed by atoms with van der Waals surface area (Å²) in [5.41, 5.74) is -4.10. The number of carboxylic acids is 1. The van der Waals surface area contributed by atoms with Gasteiger partial charge in [-0.25, -0.2) is 27.7 Å². The van der Waals surface area contributed by atoms with E-state index in [0.29, 0.717) is 12.1 Å². The number of hydrogen-bond donors (Lipinski definition) is 1. The Kier molecular flexibility index (Phi) is 3.79. The van der Waals surface area contributed by atoms with Crippen molar-refractivity contribution in [1.29, 1.82) is 0 Å². The number of carboxylic acid groups (broad SMARTS) is 1. The van der Waals surface area contributed by atoms with E-state index < -0.39 is 40.2 Å². The molecule has 1 aromatic heterocycles. The van der Waals surface area contributed by atoms with Crippen molar-refractivity contribution < 1.29 is 18.7 Å². The van der Waals surface area contributed by atoms with Crippen LogP contribution < -0.4 is 11.4 Å². The Labute approximate surface area is 126 Å². The summed E-state index contributed by atoms with van der Waals surface area (Å²) in [7, 11) is 2.44. The lowest BCUT2D eigenvalue weighted by atomic mass is 10.1. The Morgan fingerprint density at radius 3 is 2.09 bits per heavy atom. The average molecular weight is 329 g/mol. The zero-order valence-electron chi connectivity index (χ0n) is 11.3. The summed E-state index contributed by atoms with van der Waals surface area (Å²) < 4.78 is 29.9. The van der Waals surface area contributed by atoms with Crippen LogP contribution in [0.2, 0.25) is 0 Å². The van der Waals surface area contributed by atoms with Crippen molar-refractivity contribution in [3.05, 3.63) is 55.1 Å². The Balaban J connectivity index is 3.06. The number of nitrogens with zero attached hydrogens (tertiary/aromatic N) is 3. The van der Waals surface area contributed by atoms with Gasteiger partial charge in [0, 0.05) is 14.1 Å². The molecule has 0 fully saturated rings. The number of aromatic nitrogens is 3. The third-order valence-corrected chi connectivity index (χ3v) is 3.60. The molecule has 1 N–H and O–H groups in total. The van der Waals surface area contributed by atoms with E-state index >= 15 is 0 Å². The second kappa shape index (κ2) is 5.30. The Morgan fingerprint density at radius 1 is 1.14 bits per heavy atom. The fourth-order valence-corrected chi connectivity index (χ4v) is 2.03. The van der Waals surface area contributed by atoms with Gasteiger partial charge < -0.3 is 5.11 Å². The first kappa shape index (κ1) is 15.8. The SMILES string of the molecule is Cn1c(=S)n(C)c(=O)n(-c2c(F)ccc(C(=O)O)c2F)c1=O. The second-order valence-electron chi connectivity index (χ2n) is 4.36. The lowest BCUT2D eigenvalue weighted by Gasteiger charge is -2.12. The van der Waals surface area contributed by atoms with E-state index in [1.807, 2.05) is 0 Å². The standard InChI is InChI=1S/C12H9F2N3O4S/c1-15-10(20)17(11(21)16(2)12(15)22)8-6(13)4-3-5(7(8)14)9(18)19/h3-4H,1-2H3,(H,18,19). The molecule has 0 aliphatic carbocycles. The highest BCUT2D eigenvalue weighted by molar-refractivity contribution is 7.71. The maximum atomic E-state index is 14.2. The van der Waals surface area contributed by atoms with Crippen molar-refractivity contribution in [3.8, 4) is 5.69 Å². The number of benzene rings is 1. The average Bonchev–Trinajstić information content (AvgIpc) is 2.46.